The maximum Gasteiger partial charge on any atom is 0.329 e. The van der Waals surface area contributed by atoms with Gasteiger partial charge in [-0.05, 0) is 80.9 Å². The van der Waals surface area contributed by atoms with Crippen LogP contribution in [0.15, 0.2) is 47.7 Å². The van der Waals surface area contributed by atoms with Crippen molar-refractivity contribution in [1.29, 1.82) is 0 Å². The number of benzene rings is 1. The van der Waals surface area contributed by atoms with Gasteiger partial charge in [0, 0.05) is 52.0 Å². The van der Waals surface area contributed by atoms with Crippen molar-refractivity contribution in [2.75, 3.05) is 49.6 Å². The number of anilines is 2. The summed E-state index contributed by atoms with van der Waals surface area (Å²) in [5.74, 6) is 7.07. The smallest absolute Gasteiger partial charge is 0.329 e. The lowest BCUT2D eigenvalue weighted by Crippen LogP contribution is -2.59. The number of hydrogen-bond donors (Lipinski definition) is 2. The van der Waals surface area contributed by atoms with Gasteiger partial charge >= 0.3 is 5.69 Å². The lowest BCUT2D eigenvalue weighted by atomic mass is 9.67. The normalized spacial score (nSPS) is 27.8. The van der Waals surface area contributed by atoms with Crippen LogP contribution in [-0.2, 0) is 26.1 Å². The predicted molar refractivity (Wildman–Crippen MR) is 228 cm³/mol. The molecule has 4 aromatic heterocycles. The molecule has 2 N–H and O–H groups in total. The molecule has 64 heavy (non-hydrogen) atoms. The molecule has 19 heteroatoms. The van der Waals surface area contributed by atoms with Gasteiger partial charge in [-0.3, -0.25) is 33.5 Å². The fourth-order valence-electron chi connectivity index (χ4n) is 11.3. The molecule has 0 spiro atoms. The highest BCUT2D eigenvalue weighted by Crippen LogP contribution is 2.43. The van der Waals surface area contributed by atoms with Crippen LogP contribution in [0, 0.1) is 29.6 Å². The second-order valence-corrected chi connectivity index (χ2v) is 18.4. The average molecular weight is 878 g/mol. The van der Waals surface area contributed by atoms with Crippen LogP contribution in [0.2, 0.25) is 0 Å². The number of aryl methyl sites for hydroxylation is 1. The monoisotopic (exact) mass is 877 g/mol. The largest absolute Gasteiger partial charge is 0.374 e. The minimum Gasteiger partial charge on any atom is -0.374 e. The number of carbonyl (C=O) groups excluding carboxylic acids is 3. The summed E-state index contributed by atoms with van der Waals surface area (Å²) in [5.41, 5.74) is 1.66. The summed E-state index contributed by atoms with van der Waals surface area (Å²) in [4.78, 5) is 60.7. The zero-order chi connectivity index (χ0) is 43.8. The number of halogens is 2. The van der Waals surface area contributed by atoms with E-state index in [0.717, 1.165) is 70.5 Å². The van der Waals surface area contributed by atoms with Crippen molar-refractivity contribution in [3.63, 3.8) is 0 Å². The summed E-state index contributed by atoms with van der Waals surface area (Å²) in [6, 6.07) is 6.77. The molecule has 5 aromatic rings. The Hall–Kier alpha value is -5.97. The number of imide groups is 1. The summed E-state index contributed by atoms with van der Waals surface area (Å²) in [6.07, 6.45) is 8.21. The fraction of sp³-hybridized carbons (Fsp3) is 0.533. The van der Waals surface area contributed by atoms with E-state index < -0.39 is 30.0 Å². The lowest BCUT2D eigenvalue weighted by molar-refractivity contribution is -0.138. The van der Waals surface area contributed by atoms with Gasteiger partial charge < -0.3 is 24.6 Å². The Morgan fingerprint density at radius 2 is 1.88 bits per heavy atom. The van der Waals surface area contributed by atoms with E-state index in [-0.39, 0.29) is 66.6 Å². The molecule has 334 valence electrons. The lowest BCUT2D eigenvalue weighted by Gasteiger charge is -2.53. The molecule has 12 rings (SSSR count). The van der Waals surface area contributed by atoms with Crippen molar-refractivity contribution >= 4 is 45.9 Å². The van der Waals surface area contributed by atoms with Crippen molar-refractivity contribution in [2.24, 2.45) is 24.8 Å². The van der Waals surface area contributed by atoms with Crippen molar-refractivity contribution in [3.8, 4) is 11.8 Å². The van der Waals surface area contributed by atoms with Crippen molar-refractivity contribution in [3.05, 3.63) is 70.2 Å². The molecule has 7 fully saturated rings. The molecular weight excluding hydrogens is 829 g/mol. The first kappa shape index (κ1) is 40.8. The molecule has 0 radical (unpaired) electrons. The summed E-state index contributed by atoms with van der Waals surface area (Å²) < 4.78 is 46.8. The number of alkyl halides is 2. The number of imidazole rings is 1. The molecule has 4 bridgehead atoms. The molecule has 7 aliphatic rings. The van der Waals surface area contributed by atoms with Crippen LogP contribution in [0.3, 0.4) is 0 Å². The van der Waals surface area contributed by atoms with Crippen LogP contribution in [-0.4, -0.2) is 114 Å². The number of nitrogens with zero attached hydrogens (tertiary/aromatic N) is 9. The quantitative estimate of drug-likeness (QED) is 0.154. The standard InChI is InChI=1S/C45H49F2N11O6/c1-53-39-26(4-2-6-34(39)58(45(53)62)35-11-12-37(59)51-44(35)61)5-3-15-63-40-27-16-28(40)21-54(20-27)19-25-7-9-29(10-8-25)57-23-33(38(52-57)41(46)47)49-43(60)32-18-48-56-14-13-36(50-42(32)56)55-22-31-17-30(55)24-64-31/h2,4,6,13-14,18,23,25,27-31,35,40-41H,7-12,15-17,19-22,24H2,1H3,(H,49,60)(H,51,59,61)/t25-,27?,28?,29-,30-,31-,35?,40?/m1/s1. The number of hydrogen-bond acceptors (Lipinski definition) is 11. The molecule has 3 amide bonds. The Kier molecular flexibility index (Phi) is 10.3. The minimum atomic E-state index is -2.86. The molecule has 17 nitrogen and oxygen atoms in total. The number of nitrogens with one attached hydrogen (secondary N) is 2. The second-order valence-electron chi connectivity index (χ2n) is 18.4. The molecule has 3 unspecified atom stereocenters. The highest BCUT2D eigenvalue weighted by Gasteiger charge is 2.48. The van der Waals surface area contributed by atoms with Gasteiger partial charge in [0.1, 0.15) is 24.0 Å². The molecule has 5 atom stereocenters. The van der Waals surface area contributed by atoms with Gasteiger partial charge in [-0.15, -0.1) is 0 Å². The first-order chi connectivity index (χ1) is 31.1. The van der Waals surface area contributed by atoms with Gasteiger partial charge in [0.25, 0.3) is 12.3 Å². The Bertz CT molecular complexity index is 2780. The number of fused-ring (bicyclic) bond motifs is 6. The summed E-state index contributed by atoms with van der Waals surface area (Å²) in [7, 11) is 1.66. The Labute approximate surface area is 366 Å². The zero-order valence-electron chi connectivity index (χ0n) is 35.4. The van der Waals surface area contributed by atoms with E-state index >= 15 is 0 Å². The van der Waals surface area contributed by atoms with Gasteiger partial charge in [0.2, 0.25) is 11.8 Å². The molecule has 5 saturated heterocycles. The summed E-state index contributed by atoms with van der Waals surface area (Å²) in [6.45, 7) is 4.55. The minimum absolute atomic E-state index is 0.00651. The number of amides is 3. The van der Waals surface area contributed by atoms with E-state index in [2.05, 4.69) is 42.5 Å². The highest BCUT2D eigenvalue weighted by molar-refractivity contribution is 6.08. The average Bonchev–Trinajstić information content (AvgIpc) is 4.14. The second kappa shape index (κ2) is 16.2. The summed E-state index contributed by atoms with van der Waals surface area (Å²) in [5, 5.41) is 13.6. The van der Waals surface area contributed by atoms with Gasteiger partial charge in [-0.1, -0.05) is 17.9 Å². The number of ether oxygens (including phenoxy) is 2. The first-order valence-corrected chi connectivity index (χ1v) is 22.3. The van der Waals surface area contributed by atoms with E-state index in [9.17, 15) is 28.0 Å². The number of para-hydroxylation sites is 1. The number of carbonyl (C=O) groups is 3. The van der Waals surface area contributed by atoms with Gasteiger partial charge in [0.05, 0.1) is 59.4 Å². The van der Waals surface area contributed by atoms with E-state index in [4.69, 9.17) is 14.5 Å². The van der Waals surface area contributed by atoms with Crippen LogP contribution in [0.5, 0.6) is 0 Å². The molecule has 1 aromatic carbocycles. The van der Waals surface area contributed by atoms with E-state index in [1.807, 2.05) is 18.2 Å². The third-order valence-electron chi connectivity index (χ3n) is 14.4. The van der Waals surface area contributed by atoms with Gasteiger partial charge in [-0.2, -0.15) is 10.2 Å². The Morgan fingerprint density at radius 3 is 2.62 bits per heavy atom. The summed E-state index contributed by atoms with van der Waals surface area (Å²) >= 11 is 0. The molecular formula is C45H49F2N11O6. The zero-order valence-corrected chi connectivity index (χ0v) is 35.4. The van der Waals surface area contributed by atoms with E-state index in [0.29, 0.717) is 46.6 Å². The molecule has 9 heterocycles. The highest BCUT2D eigenvalue weighted by atomic mass is 19.3. The topological polar surface area (TPSA) is 175 Å². The third-order valence-corrected chi connectivity index (χ3v) is 14.4. The number of aromatic nitrogens is 7. The van der Waals surface area contributed by atoms with Crippen LogP contribution >= 0.6 is 0 Å². The van der Waals surface area contributed by atoms with Crippen LogP contribution in [0.1, 0.15) is 91.5 Å². The van der Waals surface area contributed by atoms with Crippen LogP contribution < -0.4 is 21.2 Å². The Morgan fingerprint density at radius 1 is 1.05 bits per heavy atom. The van der Waals surface area contributed by atoms with Crippen molar-refractivity contribution in [2.45, 2.75) is 88.1 Å². The maximum absolute atomic E-state index is 14.3. The third kappa shape index (κ3) is 7.25. The number of rotatable bonds is 10. The van der Waals surface area contributed by atoms with Crippen molar-refractivity contribution in [1.82, 2.24) is 43.7 Å². The van der Waals surface area contributed by atoms with E-state index in [1.165, 1.54) is 19.8 Å². The van der Waals surface area contributed by atoms with Crippen molar-refractivity contribution < 1.29 is 32.6 Å². The molecule has 5 aliphatic heterocycles. The first-order valence-electron chi connectivity index (χ1n) is 22.3. The van der Waals surface area contributed by atoms with Gasteiger partial charge in [-0.25, -0.2) is 23.1 Å². The van der Waals surface area contributed by atoms with Crippen LogP contribution in [0.25, 0.3) is 16.7 Å². The molecule has 2 saturated carbocycles. The SMILES string of the molecule is Cn1c(=O)n(C2CCC(=O)NC2=O)c2cccc(C#CCOC3C4CC3CN(C[C@H]3CC[C@H](n5cc(NC(=O)c6cnn7ccc(N8C[C@H]9C[C@@H]8CO9)nc67)c(C(F)F)n5)CC3)C4)c21. The number of morpholine rings is 1. The number of piperidine rings is 3. The van der Waals surface area contributed by atoms with Crippen LogP contribution in [0.4, 0.5) is 20.3 Å². The fourth-order valence-corrected chi connectivity index (χ4v) is 11.3. The predicted octanol–water partition coefficient (Wildman–Crippen LogP) is 3.84. The van der Waals surface area contributed by atoms with Gasteiger partial charge in [0.15, 0.2) is 11.3 Å². The molecule has 2 aliphatic carbocycles. The van der Waals surface area contributed by atoms with E-state index in [1.54, 1.807) is 30.2 Å². The maximum atomic E-state index is 14.3. The Balaban J connectivity index is 0.671.